The summed E-state index contributed by atoms with van der Waals surface area (Å²) in [4.78, 5) is 46.8. The van der Waals surface area contributed by atoms with Crippen molar-refractivity contribution >= 4 is 23.9 Å². The molecule has 2 N–H and O–H groups in total. The van der Waals surface area contributed by atoms with Crippen LogP contribution in [0.3, 0.4) is 0 Å². The zero-order valence-electron chi connectivity index (χ0n) is 12.3. The second kappa shape index (κ2) is 3.84. The molecule has 2 rings (SSSR count). The monoisotopic (exact) mass is 298 g/mol. The van der Waals surface area contributed by atoms with Crippen molar-refractivity contribution in [1.82, 2.24) is 0 Å². The molecule has 2 unspecified atom stereocenters. The normalized spacial score (nSPS) is 34.7. The number of rotatable bonds is 4. The molecule has 0 spiro atoms. The van der Waals surface area contributed by atoms with Gasteiger partial charge < -0.3 is 14.9 Å². The minimum atomic E-state index is -1.76. The van der Waals surface area contributed by atoms with Gasteiger partial charge >= 0.3 is 23.9 Å². The van der Waals surface area contributed by atoms with Crippen LogP contribution in [0.15, 0.2) is 0 Å². The molecule has 0 saturated heterocycles. The van der Waals surface area contributed by atoms with Crippen molar-refractivity contribution in [3.63, 3.8) is 0 Å². The molecule has 116 valence electrons. The molecule has 7 nitrogen and oxygen atoms in total. The lowest BCUT2D eigenvalue weighted by atomic mass is 9.94. The van der Waals surface area contributed by atoms with Gasteiger partial charge in [-0.1, -0.05) is 27.7 Å². The molecule has 2 aliphatic carbocycles. The zero-order valence-corrected chi connectivity index (χ0v) is 12.3. The molecule has 21 heavy (non-hydrogen) atoms. The fourth-order valence-electron chi connectivity index (χ4n) is 3.10. The van der Waals surface area contributed by atoms with Gasteiger partial charge in [-0.2, -0.15) is 0 Å². The van der Waals surface area contributed by atoms with Gasteiger partial charge in [0.15, 0.2) is 10.8 Å². The Bertz CT molecular complexity index is 524. The fraction of sp³-hybridized carbons (Fsp3) is 0.714. The van der Waals surface area contributed by atoms with E-state index in [1.807, 2.05) is 0 Å². The maximum absolute atomic E-state index is 12.1. The summed E-state index contributed by atoms with van der Waals surface area (Å²) in [6.45, 7) is 6.34. The van der Waals surface area contributed by atoms with Crippen LogP contribution in [0.1, 0.15) is 40.5 Å². The van der Waals surface area contributed by atoms with Crippen LogP contribution in [0, 0.1) is 21.7 Å². The molecule has 2 fully saturated rings. The molecule has 0 aromatic rings. The van der Waals surface area contributed by atoms with E-state index in [0.29, 0.717) is 0 Å². The molecule has 0 amide bonds. The lowest BCUT2D eigenvalue weighted by molar-refractivity contribution is -0.175. The summed E-state index contributed by atoms with van der Waals surface area (Å²) in [7, 11) is 0. The summed E-state index contributed by atoms with van der Waals surface area (Å²) in [6, 6.07) is 0. The Morgan fingerprint density at radius 3 is 1.14 bits per heavy atom. The first-order valence-electron chi connectivity index (χ1n) is 6.59. The van der Waals surface area contributed by atoms with Gasteiger partial charge in [0.1, 0.15) is 0 Å². The van der Waals surface area contributed by atoms with Crippen LogP contribution in [-0.4, -0.2) is 34.1 Å². The predicted octanol–water partition coefficient (Wildman–Crippen LogP) is 1.06. The van der Waals surface area contributed by atoms with Gasteiger partial charge in [0.05, 0.1) is 0 Å². The third kappa shape index (κ3) is 1.72. The van der Waals surface area contributed by atoms with Gasteiger partial charge in [0, 0.05) is 0 Å². The minimum Gasteiger partial charge on any atom is -0.480 e. The third-order valence-electron chi connectivity index (χ3n) is 5.09. The number of carbonyl (C=O) groups is 4. The highest BCUT2D eigenvalue weighted by atomic mass is 16.6. The summed E-state index contributed by atoms with van der Waals surface area (Å²) in [6.07, 6.45) is 0.121. The van der Waals surface area contributed by atoms with E-state index in [1.165, 1.54) is 0 Å². The summed E-state index contributed by atoms with van der Waals surface area (Å²) in [5.74, 6) is -5.06. The van der Waals surface area contributed by atoms with Crippen LogP contribution in [0.4, 0.5) is 0 Å². The summed E-state index contributed by atoms with van der Waals surface area (Å²) in [5, 5.41) is 18.4. The maximum Gasteiger partial charge on any atom is 0.331 e. The van der Waals surface area contributed by atoms with Gasteiger partial charge in [-0.05, 0) is 23.7 Å². The average Bonchev–Trinajstić information content (AvgIpc) is 3.09. The first-order valence-corrected chi connectivity index (χ1v) is 6.59. The maximum atomic E-state index is 12.1. The number of esters is 2. The van der Waals surface area contributed by atoms with Crippen molar-refractivity contribution in [2.45, 2.75) is 40.5 Å². The molecular weight excluding hydrogens is 280 g/mol. The number of carboxylic acids is 2. The van der Waals surface area contributed by atoms with Gasteiger partial charge in [-0.3, -0.25) is 19.2 Å². The van der Waals surface area contributed by atoms with Crippen molar-refractivity contribution in [2.75, 3.05) is 0 Å². The number of aliphatic carboxylic acids is 2. The molecule has 0 heterocycles. The van der Waals surface area contributed by atoms with Gasteiger partial charge in [-0.25, -0.2) is 0 Å². The van der Waals surface area contributed by atoms with E-state index in [4.69, 9.17) is 0 Å². The highest BCUT2D eigenvalue weighted by Gasteiger charge is 2.77. The molecule has 2 aliphatic rings. The number of carbonyl (C=O) groups excluding carboxylic acids is 2. The minimum absolute atomic E-state index is 0.0604. The number of hydrogen-bond acceptors (Lipinski definition) is 5. The Balaban J connectivity index is 2.20. The third-order valence-corrected chi connectivity index (χ3v) is 5.09. The van der Waals surface area contributed by atoms with Crippen molar-refractivity contribution in [2.24, 2.45) is 21.7 Å². The van der Waals surface area contributed by atoms with E-state index < -0.39 is 45.5 Å². The van der Waals surface area contributed by atoms with Crippen LogP contribution in [0.25, 0.3) is 0 Å². The van der Waals surface area contributed by atoms with Crippen LogP contribution in [0.2, 0.25) is 0 Å². The molecule has 0 aromatic carbocycles. The van der Waals surface area contributed by atoms with Crippen molar-refractivity contribution in [3.05, 3.63) is 0 Å². The molecule has 2 atom stereocenters. The topological polar surface area (TPSA) is 118 Å². The van der Waals surface area contributed by atoms with E-state index in [2.05, 4.69) is 4.74 Å². The average molecular weight is 298 g/mol. The van der Waals surface area contributed by atoms with Crippen molar-refractivity contribution in [3.8, 4) is 0 Å². The first-order chi connectivity index (χ1) is 9.35. The second-order valence-electron chi connectivity index (χ2n) is 7.22. The van der Waals surface area contributed by atoms with Crippen molar-refractivity contribution in [1.29, 1.82) is 0 Å². The molecule has 2 saturated carbocycles. The van der Waals surface area contributed by atoms with Crippen LogP contribution in [-0.2, 0) is 23.9 Å². The van der Waals surface area contributed by atoms with Crippen LogP contribution < -0.4 is 0 Å². The van der Waals surface area contributed by atoms with Crippen LogP contribution in [0.5, 0.6) is 0 Å². The molecule has 0 radical (unpaired) electrons. The Morgan fingerprint density at radius 2 is 1.00 bits per heavy atom. The van der Waals surface area contributed by atoms with E-state index in [1.54, 1.807) is 27.7 Å². The lowest BCUT2D eigenvalue weighted by Gasteiger charge is -2.17. The number of carboxylic acid groups (broad SMARTS) is 2. The Morgan fingerprint density at radius 1 is 0.762 bits per heavy atom. The SMILES string of the molecule is CC1(C)CC1(C(=O)O)C(=O)OC(=O)C1(C(=O)O)CC1(C)C. The Labute approximate surface area is 121 Å². The molecule has 7 heteroatoms. The summed E-state index contributed by atoms with van der Waals surface area (Å²) < 4.78 is 4.66. The van der Waals surface area contributed by atoms with E-state index >= 15 is 0 Å². The molecule has 0 aromatic heterocycles. The molecule has 0 bridgehead atoms. The van der Waals surface area contributed by atoms with E-state index in [-0.39, 0.29) is 12.8 Å². The highest BCUT2D eigenvalue weighted by molar-refractivity contribution is 6.12. The van der Waals surface area contributed by atoms with Gasteiger partial charge in [0.25, 0.3) is 0 Å². The number of ether oxygens (including phenoxy) is 1. The quantitative estimate of drug-likeness (QED) is 0.588. The highest BCUT2D eigenvalue weighted by Crippen LogP contribution is 2.66. The van der Waals surface area contributed by atoms with Gasteiger partial charge in [0.2, 0.25) is 0 Å². The lowest BCUT2D eigenvalue weighted by Crippen LogP contribution is -2.39. The standard InChI is InChI=1S/C14H18O7/c1-11(2)5-13(11,7(15)16)9(19)21-10(20)14(8(17)18)6-12(14,3)4/h5-6H2,1-4H3,(H,15,16)(H,17,18). The Kier molecular flexibility index (Phi) is 2.83. The second-order valence-corrected chi connectivity index (χ2v) is 7.22. The Hall–Kier alpha value is -1.92. The fourth-order valence-corrected chi connectivity index (χ4v) is 3.10. The summed E-state index contributed by atoms with van der Waals surface area (Å²) in [5.41, 5.74) is -5.15. The smallest absolute Gasteiger partial charge is 0.331 e. The van der Waals surface area contributed by atoms with Crippen molar-refractivity contribution < 1.29 is 34.1 Å². The van der Waals surface area contributed by atoms with Crippen LogP contribution >= 0.6 is 0 Å². The van der Waals surface area contributed by atoms with E-state index in [9.17, 15) is 29.4 Å². The largest absolute Gasteiger partial charge is 0.480 e. The molecular formula is C14H18O7. The first kappa shape index (κ1) is 15.5. The van der Waals surface area contributed by atoms with E-state index in [0.717, 1.165) is 0 Å². The predicted molar refractivity (Wildman–Crippen MR) is 68.0 cm³/mol. The van der Waals surface area contributed by atoms with Gasteiger partial charge in [-0.15, -0.1) is 0 Å². The molecule has 0 aliphatic heterocycles. The summed E-state index contributed by atoms with van der Waals surface area (Å²) >= 11 is 0. The number of hydrogen-bond donors (Lipinski definition) is 2. The zero-order chi connectivity index (χ0) is 16.4.